The van der Waals surface area contributed by atoms with Crippen LogP contribution in [0.25, 0.3) is 0 Å². The first-order chi connectivity index (χ1) is 8.01. The van der Waals surface area contributed by atoms with Crippen LogP contribution in [-0.4, -0.2) is 24.2 Å². The number of likely N-dealkylation sites (N-methyl/N-ethyl adjacent to an activating group) is 1. The largest absolute Gasteiger partial charge is 0.480 e. The SMILES string of the molecule is CCC(C(=O)O)N(C)c1cc(Cl)ccc1C#N. The maximum Gasteiger partial charge on any atom is 0.326 e. The van der Waals surface area contributed by atoms with E-state index in [0.29, 0.717) is 22.7 Å². The minimum Gasteiger partial charge on any atom is -0.480 e. The summed E-state index contributed by atoms with van der Waals surface area (Å²) in [5, 5.41) is 18.5. The fraction of sp³-hybridized carbons (Fsp3) is 0.333. The number of carbonyl (C=O) groups is 1. The van der Waals surface area contributed by atoms with Gasteiger partial charge in [0.15, 0.2) is 0 Å². The molecule has 90 valence electrons. The van der Waals surface area contributed by atoms with Crippen molar-refractivity contribution in [1.82, 2.24) is 0 Å². The average molecular weight is 253 g/mol. The lowest BCUT2D eigenvalue weighted by molar-refractivity contribution is -0.138. The first kappa shape index (κ1) is 13.3. The second-order valence-corrected chi connectivity index (χ2v) is 4.08. The number of nitriles is 1. The van der Waals surface area contributed by atoms with E-state index in [1.807, 2.05) is 6.07 Å². The Kier molecular flexibility index (Phi) is 4.36. The maximum absolute atomic E-state index is 11.1. The van der Waals surface area contributed by atoms with E-state index in [1.54, 1.807) is 37.1 Å². The molecule has 1 aromatic carbocycles. The molecule has 0 bridgehead atoms. The molecule has 0 spiro atoms. The minimum atomic E-state index is -0.918. The summed E-state index contributed by atoms with van der Waals surface area (Å²) in [6, 6.07) is 6.16. The Morgan fingerprint density at radius 3 is 2.76 bits per heavy atom. The molecule has 1 atom stereocenters. The van der Waals surface area contributed by atoms with Crippen LogP contribution in [0.15, 0.2) is 18.2 Å². The lowest BCUT2D eigenvalue weighted by Crippen LogP contribution is -2.38. The van der Waals surface area contributed by atoms with Gasteiger partial charge in [0, 0.05) is 12.1 Å². The van der Waals surface area contributed by atoms with E-state index in [0.717, 1.165) is 0 Å². The molecule has 1 aromatic rings. The number of benzene rings is 1. The van der Waals surface area contributed by atoms with Gasteiger partial charge < -0.3 is 10.0 Å². The summed E-state index contributed by atoms with van der Waals surface area (Å²) in [4.78, 5) is 12.6. The summed E-state index contributed by atoms with van der Waals surface area (Å²) < 4.78 is 0. The Morgan fingerprint density at radius 1 is 1.65 bits per heavy atom. The molecular formula is C12H13ClN2O2. The second kappa shape index (κ2) is 5.55. The van der Waals surface area contributed by atoms with Crippen molar-refractivity contribution in [3.8, 4) is 6.07 Å². The van der Waals surface area contributed by atoms with E-state index < -0.39 is 12.0 Å². The van der Waals surface area contributed by atoms with Crippen LogP contribution in [0.3, 0.4) is 0 Å². The van der Waals surface area contributed by atoms with Crippen LogP contribution < -0.4 is 4.90 Å². The number of nitrogens with zero attached hydrogens (tertiary/aromatic N) is 2. The van der Waals surface area contributed by atoms with E-state index in [9.17, 15) is 4.79 Å². The van der Waals surface area contributed by atoms with Crippen LogP contribution in [0.4, 0.5) is 5.69 Å². The van der Waals surface area contributed by atoms with Crippen LogP contribution in [-0.2, 0) is 4.79 Å². The summed E-state index contributed by atoms with van der Waals surface area (Å²) in [6.07, 6.45) is 0.448. The lowest BCUT2D eigenvalue weighted by atomic mass is 10.1. The van der Waals surface area contributed by atoms with Gasteiger partial charge in [-0.2, -0.15) is 5.26 Å². The summed E-state index contributed by atoms with van der Waals surface area (Å²) in [6.45, 7) is 1.78. The number of aliphatic carboxylic acids is 1. The highest BCUT2D eigenvalue weighted by molar-refractivity contribution is 6.30. The lowest BCUT2D eigenvalue weighted by Gasteiger charge is -2.26. The number of carboxylic acid groups (broad SMARTS) is 1. The molecule has 0 aromatic heterocycles. The third-order valence-electron chi connectivity index (χ3n) is 2.60. The average Bonchev–Trinajstić information content (AvgIpc) is 2.29. The van der Waals surface area contributed by atoms with Crippen molar-refractivity contribution in [2.75, 3.05) is 11.9 Å². The number of halogens is 1. The Morgan fingerprint density at radius 2 is 2.29 bits per heavy atom. The highest BCUT2D eigenvalue weighted by atomic mass is 35.5. The number of rotatable bonds is 4. The van der Waals surface area contributed by atoms with E-state index in [2.05, 4.69) is 0 Å². The molecule has 1 rings (SSSR count). The standard InChI is InChI=1S/C12H13ClN2O2/c1-3-10(12(16)17)15(2)11-6-9(13)5-4-8(11)7-14/h4-6,10H,3H2,1-2H3,(H,16,17). The van der Waals surface area contributed by atoms with Crippen molar-refractivity contribution in [2.45, 2.75) is 19.4 Å². The molecule has 0 amide bonds. The van der Waals surface area contributed by atoms with Gasteiger partial charge in [0.1, 0.15) is 12.1 Å². The van der Waals surface area contributed by atoms with Crippen LogP contribution in [0.1, 0.15) is 18.9 Å². The Balaban J connectivity index is 3.19. The zero-order valence-corrected chi connectivity index (χ0v) is 10.4. The molecule has 1 unspecified atom stereocenters. The summed E-state index contributed by atoms with van der Waals surface area (Å²) in [5.41, 5.74) is 0.950. The molecule has 5 heteroatoms. The predicted molar refractivity (Wildman–Crippen MR) is 66.3 cm³/mol. The number of anilines is 1. The van der Waals surface area contributed by atoms with Gasteiger partial charge in [-0.3, -0.25) is 0 Å². The van der Waals surface area contributed by atoms with Crippen molar-refractivity contribution >= 4 is 23.3 Å². The number of hydrogen-bond acceptors (Lipinski definition) is 3. The smallest absolute Gasteiger partial charge is 0.326 e. The van der Waals surface area contributed by atoms with Crippen molar-refractivity contribution in [3.63, 3.8) is 0 Å². The third-order valence-corrected chi connectivity index (χ3v) is 2.83. The Hall–Kier alpha value is -1.73. The van der Waals surface area contributed by atoms with E-state index >= 15 is 0 Å². The van der Waals surface area contributed by atoms with Crippen molar-refractivity contribution < 1.29 is 9.90 Å². The second-order valence-electron chi connectivity index (χ2n) is 3.65. The number of hydrogen-bond donors (Lipinski definition) is 1. The maximum atomic E-state index is 11.1. The third kappa shape index (κ3) is 2.89. The Bertz CT molecular complexity index is 468. The van der Waals surface area contributed by atoms with Gasteiger partial charge in [-0.15, -0.1) is 0 Å². The van der Waals surface area contributed by atoms with E-state index in [1.165, 1.54) is 0 Å². The van der Waals surface area contributed by atoms with E-state index in [-0.39, 0.29) is 0 Å². The molecule has 0 aliphatic heterocycles. The summed E-state index contributed by atoms with van der Waals surface area (Å²) in [5.74, 6) is -0.918. The molecule has 0 saturated carbocycles. The quantitative estimate of drug-likeness (QED) is 0.894. The van der Waals surface area contributed by atoms with Gasteiger partial charge in [0.2, 0.25) is 0 Å². The van der Waals surface area contributed by atoms with Crippen molar-refractivity contribution in [3.05, 3.63) is 28.8 Å². The van der Waals surface area contributed by atoms with Crippen LogP contribution in [0.5, 0.6) is 0 Å². The first-order valence-corrected chi connectivity index (χ1v) is 5.54. The molecular weight excluding hydrogens is 240 g/mol. The highest BCUT2D eigenvalue weighted by Gasteiger charge is 2.22. The van der Waals surface area contributed by atoms with Gasteiger partial charge in [-0.1, -0.05) is 18.5 Å². The monoisotopic (exact) mass is 252 g/mol. The van der Waals surface area contributed by atoms with Crippen LogP contribution in [0.2, 0.25) is 5.02 Å². The van der Waals surface area contributed by atoms with Crippen LogP contribution in [0, 0.1) is 11.3 Å². The van der Waals surface area contributed by atoms with Gasteiger partial charge in [0.05, 0.1) is 11.3 Å². The molecule has 0 aliphatic rings. The van der Waals surface area contributed by atoms with Gasteiger partial charge in [0.25, 0.3) is 0 Å². The van der Waals surface area contributed by atoms with Gasteiger partial charge in [-0.25, -0.2) is 4.79 Å². The van der Waals surface area contributed by atoms with Crippen molar-refractivity contribution in [1.29, 1.82) is 5.26 Å². The highest BCUT2D eigenvalue weighted by Crippen LogP contribution is 2.25. The minimum absolute atomic E-state index is 0.414. The fourth-order valence-electron chi connectivity index (χ4n) is 1.67. The topological polar surface area (TPSA) is 64.3 Å². The molecule has 0 heterocycles. The molecule has 17 heavy (non-hydrogen) atoms. The molecule has 1 N–H and O–H groups in total. The first-order valence-electron chi connectivity index (χ1n) is 5.16. The summed E-state index contributed by atoms with van der Waals surface area (Å²) in [7, 11) is 1.65. The summed E-state index contributed by atoms with van der Waals surface area (Å²) >= 11 is 5.86. The van der Waals surface area contributed by atoms with Crippen LogP contribution >= 0.6 is 11.6 Å². The molecule has 4 nitrogen and oxygen atoms in total. The molecule has 0 radical (unpaired) electrons. The van der Waals surface area contributed by atoms with Crippen molar-refractivity contribution in [2.24, 2.45) is 0 Å². The zero-order valence-electron chi connectivity index (χ0n) is 9.64. The molecule has 0 saturated heterocycles. The van der Waals surface area contributed by atoms with Gasteiger partial charge in [-0.05, 0) is 24.6 Å². The zero-order chi connectivity index (χ0) is 13.0. The molecule has 0 aliphatic carbocycles. The molecule has 0 fully saturated rings. The Labute approximate surface area is 105 Å². The normalized spacial score (nSPS) is 11.6. The van der Waals surface area contributed by atoms with Gasteiger partial charge >= 0.3 is 5.97 Å². The van der Waals surface area contributed by atoms with E-state index in [4.69, 9.17) is 22.0 Å². The predicted octanol–water partition coefficient (Wildman–Crippen LogP) is 2.51. The fourth-order valence-corrected chi connectivity index (χ4v) is 1.84. The number of carboxylic acids is 1.